The lowest BCUT2D eigenvalue weighted by atomic mass is 9.99. The van der Waals surface area contributed by atoms with Crippen LogP contribution in [0.4, 0.5) is 0 Å². The molecule has 109 heavy (non-hydrogen) atoms. The predicted molar refractivity (Wildman–Crippen MR) is 451 cm³/mol. The summed E-state index contributed by atoms with van der Waals surface area (Å²) in [5.74, 6) is 0.287. The Labute approximate surface area is 670 Å². The molecule has 3 N–H and O–H groups in total. The first kappa shape index (κ1) is 107. The van der Waals surface area contributed by atoms with E-state index >= 15 is 0 Å². The highest BCUT2D eigenvalue weighted by Gasteiger charge is 2.31. The molecule has 0 aromatic heterocycles. The lowest BCUT2D eigenvalue weighted by molar-refractivity contribution is -0.161. The number of aliphatic hydroxyl groups excluding tert-OH is 1. The zero-order chi connectivity index (χ0) is 80.0. The zero-order valence-electron chi connectivity index (χ0n) is 72.0. The molecule has 0 fully saturated rings. The number of rotatable bonds is 88. The Balaban J connectivity index is 5.26. The van der Waals surface area contributed by atoms with Crippen molar-refractivity contribution in [1.82, 2.24) is 0 Å². The molecular weight excluding hydrogens is 1410 g/mol. The number of ether oxygens (including phenoxy) is 4. The van der Waals surface area contributed by atoms with Crippen molar-refractivity contribution in [2.24, 2.45) is 17.8 Å². The number of hydrogen-bond acceptors (Lipinski definition) is 15. The Bertz CT molecular complexity index is 2100. The summed E-state index contributed by atoms with van der Waals surface area (Å²) in [6.07, 6.45) is 72.2. The van der Waals surface area contributed by atoms with Crippen molar-refractivity contribution in [3.05, 3.63) is 0 Å². The van der Waals surface area contributed by atoms with Crippen molar-refractivity contribution in [2.75, 3.05) is 39.6 Å². The minimum Gasteiger partial charge on any atom is -0.462 e. The van der Waals surface area contributed by atoms with Crippen LogP contribution < -0.4 is 0 Å². The van der Waals surface area contributed by atoms with Crippen LogP contribution in [0.5, 0.6) is 0 Å². The number of hydrogen-bond donors (Lipinski definition) is 3. The first-order valence-corrected chi connectivity index (χ1v) is 49.4. The second kappa shape index (κ2) is 79.9. The second-order valence-electron chi connectivity index (χ2n) is 33.5. The lowest BCUT2D eigenvalue weighted by Crippen LogP contribution is -2.30. The first-order valence-electron chi connectivity index (χ1n) is 46.4. The highest BCUT2D eigenvalue weighted by molar-refractivity contribution is 7.47. The lowest BCUT2D eigenvalue weighted by Gasteiger charge is -2.21. The van der Waals surface area contributed by atoms with Gasteiger partial charge in [0.15, 0.2) is 12.2 Å². The average Bonchev–Trinajstić information content (AvgIpc) is 0.899. The zero-order valence-corrected chi connectivity index (χ0v) is 73.8. The van der Waals surface area contributed by atoms with E-state index in [1.165, 1.54) is 289 Å². The summed E-state index contributed by atoms with van der Waals surface area (Å²) in [6, 6.07) is 0. The Morgan fingerprint density at radius 1 is 0.266 bits per heavy atom. The number of carbonyl (C=O) groups excluding carboxylic acids is 4. The summed E-state index contributed by atoms with van der Waals surface area (Å²) in [5, 5.41) is 10.7. The van der Waals surface area contributed by atoms with Gasteiger partial charge in [-0.15, -0.1) is 0 Å². The summed E-state index contributed by atoms with van der Waals surface area (Å²) >= 11 is 0. The standard InChI is InChI=1S/C90H176O17P2/c1-8-10-11-12-13-14-15-16-17-18-19-20-21-22-27-33-38-43-52-59-66-73-89(94)106-85(77-100-87(92)71-64-57-50-42-37-32-28-23-25-30-35-40-47-54-61-68-81(3)4)79-104-108(96,97)102-75-84(91)76-103-109(98,99)105-80-86(78-101-88(93)72-65-58-51-46-45-49-56-63-70-83(7)9-2)107-90(95)74-67-60-53-44-39-34-29-24-26-31-36-41-48-55-62-69-82(5)6/h81-86,91H,8-80H2,1-7H3,(H,96,97)(H,98,99)/t83?,84-,85-,86-/m1/s1. The molecule has 0 aliphatic heterocycles. The van der Waals surface area contributed by atoms with Crippen LogP contribution in [0.2, 0.25) is 0 Å². The number of aliphatic hydroxyl groups is 1. The molecule has 0 saturated carbocycles. The van der Waals surface area contributed by atoms with Crippen molar-refractivity contribution in [3.63, 3.8) is 0 Å². The number of carbonyl (C=O) groups is 4. The van der Waals surface area contributed by atoms with Crippen LogP contribution in [0, 0.1) is 17.8 Å². The van der Waals surface area contributed by atoms with E-state index in [-0.39, 0.29) is 25.7 Å². The van der Waals surface area contributed by atoms with Gasteiger partial charge in [0.25, 0.3) is 0 Å². The van der Waals surface area contributed by atoms with Gasteiger partial charge < -0.3 is 33.8 Å². The molecule has 3 unspecified atom stereocenters. The SMILES string of the molecule is CCCCCCCCCCCCCCCCCCCCCCCC(=O)O[C@H](COC(=O)CCCCCCCCCCCCCCCCCC(C)C)COP(=O)(O)OC[C@@H](O)COP(=O)(O)OC[C@@H](COC(=O)CCCCCCCCCCC(C)CC)OC(=O)CCCCCCCCCCCCCCCCCC(C)C. The van der Waals surface area contributed by atoms with Gasteiger partial charge in [-0.3, -0.25) is 37.3 Å². The van der Waals surface area contributed by atoms with Crippen molar-refractivity contribution in [3.8, 4) is 0 Å². The average molecular weight is 1590 g/mol. The Morgan fingerprint density at radius 2 is 0.468 bits per heavy atom. The second-order valence-corrected chi connectivity index (χ2v) is 36.4. The molecule has 0 aliphatic carbocycles. The van der Waals surface area contributed by atoms with E-state index in [4.69, 9.17) is 37.0 Å². The summed E-state index contributed by atoms with van der Waals surface area (Å²) in [7, 11) is -9.94. The fraction of sp³-hybridized carbons (Fsp3) is 0.956. The van der Waals surface area contributed by atoms with Crippen LogP contribution in [0.25, 0.3) is 0 Å². The van der Waals surface area contributed by atoms with Crippen molar-refractivity contribution in [2.45, 2.75) is 497 Å². The monoisotopic (exact) mass is 1590 g/mol. The molecule has 0 bridgehead atoms. The molecule has 0 aromatic carbocycles. The minimum atomic E-state index is -4.97. The van der Waals surface area contributed by atoms with E-state index in [9.17, 15) is 43.2 Å². The quantitative estimate of drug-likeness (QED) is 0.0222. The molecule has 19 heteroatoms. The van der Waals surface area contributed by atoms with Crippen LogP contribution in [-0.2, 0) is 65.4 Å². The van der Waals surface area contributed by atoms with Crippen molar-refractivity contribution < 1.29 is 80.2 Å². The predicted octanol–water partition coefficient (Wildman–Crippen LogP) is 27.6. The highest BCUT2D eigenvalue weighted by Crippen LogP contribution is 2.45. The Hall–Kier alpha value is -1.94. The smallest absolute Gasteiger partial charge is 0.462 e. The third kappa shape index (κ3) is 82.4. The fourth-order valence-corrected chi connectivity index (χ4v) is 15.6. The fourth-order valence-electron chi connectivity index (χ4n) is 14.0. The molecule has 17 nitrogen and oxygen atoms in total. The normalized spacial score (nSPS) is 14.1. The molecule has 0 rings (SSSR count). The Morgan fingerprint density at radius 3 is 0.697 bits per heavy atom. The van der Waals surface area contributed by atoms with Gasteiger partial charge in [0.1, 0.15) is 19.3 Å². The van der Waals surface area contributed by atoms with Crippen LogP contribution in [0.3, 0.4) is 0 Å². The van der Waals surface area contributed by atoms with E-state index in [0.717, 1.165) is 108 Å². The van der Waals surface area contributed by atoms with E-state index < -0.39 is 97.5 Å². The number of phosphoric acid groups is 2. The van der Waals surface area contributed by atoms with Crippen molar-refractivity contribution in [1.29, 1.82) is 0 Å². The van der Waals surface area contributed by atoms with E-state index in [1.807, 2.05) is 0 Å². The summed E-state index contributed by atoms with van der Waals surface area (Å²) in [5.41, 5.74) is 0. The molecule has 0 spiro atoms. The van der Waals surface area contributed by atoms with Gasteiger partial charge in [0.2, 0.25) is 0 Å². The van der Waals surface area contributed by atoms with Crippen LogP contribution in [0.15, 0.2) is 0 Å². The molecule has 648 valence electrons. The maximum Gasteiger partial charge on any atom is 0.472 e. The number of phosphoric ester groups is 2. The molecule has 0 aliphatic rings. The van der Waals surface area contributed by atoms with Crippen LogP contribution in [0.1, 0.15) is 479 Å². The largest absolute Gasteiger partial charge is 0.472 e. The van der Waals surface area contributed by atoms with Gasteiger partial charge >= 0.3 is 39.5 Å². The van der Waals surface area contributed by atoms with Gasteiger partial charge in [-0.1, -0.05) is 427 Å². The van der Waals surface area contributed by atoms with Crippen LogP contribution >= 0.6 is 15.6 Å². The van der Waals surface area contributed by atoms with E-state index in [1.54, 1.807) is 0 Å². The van der Waals surface area contributed by atoms with E-state index in [2.05, 4.69) is 48.5 Å². The number of unbranched alkanes of at least 4 members (excludes halogenated alkanes) is 55. The molecule has 0 saturated heterocycles. The molecule has 6 atom stereocenters. The third-order valence-electron chi connectivity index (χ3n) is 21.5. The maximum absolute atomic E-state index is 13.2. The number of esters is 4. The topological polar surface area (TPSA) is 237 Å². The summed E-state index contributed by atoms with van der Waals surface area (Å²) in [6.45, 7) is 12.1. The van der Waals surface area contributed by atoms with E-state index in [0.29, 0.717) is 25.7 Å². The molecular formula is C90H176O17P2. The highest BCUT2D eigenvalue weighted by atomic mass is 31.2. The molecule has 0 heterocycles. The van der Waals surface area contributed by atoms with Gasteiger partial charge in [-0.2, -0.15) is 0 Å². The van der Waals surface area contributed by atoms with Gasteiger partial charge in [0.05, 0.1) is 26.4 Å². The maximum atomic E-state index is 13.2. The van der Waals surface area contributed by atoms with Gasteiger partial charge in [-0.25, -0.2) is 9.13 Å². The van der Waals surface area contributed by atoms with Crippen molar-refractivity contribution >= 4 is 39.5 Å². The minimum absolute atomic E-state index is 0.107. The molecule has 0 amide bonds. The first-order chi connectivity index (χ1) is 52.8. The summed E-state index contributed by atoms with van der Waals surface area (Å²) < 4.78 is 69.1. The molecule has 0 radical (unpaired) electrons. The third-order valence-corrected chi connectivity index (χ3v) is 23.4. The molecule has 0 aromatic rings. The van der Waals surface area contributed by atoms with Gasteiger partial charge in [-0.05, 0) is 43.4 Å². The Kier molecular flexibility index (Phi) is 78.5. The van der Waals surface area contributed by atoms with Crippen LogP contribution in [-0.4, -0.2) is 96.7 Å². The van der Waals surface area contributed by atoms with Gasteiger partial charge in [0, 0.05) is 25.7 Å². The summed E-state index contributed by atoms with van der Waals surface area (Å²) in [4.78, 5) is 73.4.